The van der Waals surface area contributed by atoms with E-state index >= 15 is 0 Å². The van der Waals surface area contributed by atoms with Gasteiger partial charge in [-0.25, -0.2) is 0 Å². The number of halogens is 1. The van der Waals surface area contributed by atoms with E-state index in [0.29, 0.717) is 5.02 Å². The number of carboxylic acids is 1. The number of rotatable bonds is 2. The van der Waals surface area contributed by atoms with Crippen molar-refractivity contribution in [2.75, 3.05) is 0 Å². The van der Waals surface area contributed by atoms with E-state index in [1.165, 1.54) is 12.3 Å². The topological polar surface area (TPSA) is 76.2 Å². The molecule has 12 heavy (non-hydrogen) atoms. The average Bonchev–Trinajstić information content (AvgIpc) is 2.03. The molecule has 5 heteroatoms. The smallest absolute Gasteiger partial charge is 0.326 e. The van der Waals surface area contributed by atoms with Crippen molar-refractivity contribution >= 4 is 17.6 Å². The van der Waals surface area contributed by atoms with E-state index in [1.54, 1.807) is 6.07 Å². The molecule has 0 spiro atoms. The van der Waals surface area contributed by atoms with Crippen LogP contribution in [0, 0.1) is 0 Å². The SMILES string of the molecule is N[C@H](C(=O)O)c1cc(Cl)ccn1. The second-order valence-electron chi connectivity index (χ2n) is 2.21. The van der Waals surface area contributed by atoms with Gasteiger partial charge in [-0.2, -0.15) is 0 Å². The van der Waals surface area contributed by atoms with Gasteiger partial charge in [0, 0.05) is 11.2 Å². The zero-order valence-corrected chi connectivity index (χ0v) is 6.82. The van der Waals surface area contributed by atoms with Crippen LogP contribution in [-0.4, -0.2) is 16.1 Å². The molecule has 1 aromatic rings. The molecule has 1 atom stereocenters. The van der Waals surface area contributed by atoms with Gasteiger partial charge in [-0.1, -0.05) is 11.6 Å². The molecule has 0 aliphatic carbocycles. The monoisotopic (exact) mass is 186 g/mol. The maximum Gasteiger partial charge on any atom is 0.326 e. The maximum atomic E-state index is 10.4. The maximum absolute atomic E-state index is 10.4. The van der Waals surface area contributed by atoms with E-state index in [9.17, 15) is 4.79 Å². The van der Waals surface area contributed by atoms with E-state index in [0.717, 1.165) is 0 Å². The minimum atomic E-state index is -1.12. The Labute approximate surface area is 74.0 Å². The lowest BCUT2D eigenvalue weighted by Gasteiger charge is -2.04. The number of nitrogens with two attached hydrogens (primary N) is 1. The van der Waals surface area contributed by atoms with Crippen molar-refractivity contribution in [2.45, 2.75) is 6.04 Å². The predicted octanol–water partition coefficient (Wildman–Crippen LogP) is 0.819. The molecule has 0 saturated heterocycles. The van der Waals surface area contributed by atoms with Crippen molar-refractivity contribution < 1.29 is 9.90 Å². The third-order valence-electron chi connectivity index (χ3n) is 1.33. The lowest BCUT2D eigenvalue weighted by Crippen LogP contribution is -2.21. The molecule has 0 radical (unpaired) electrons. The Bertz CT molecular complexity index is 303. The van der Waals surface area contributed by atoms with Gasteiger partial charge in [-0.15, -0.1) is 0 Å². The van der Waals surface area contributed by atoms with Crippen LogP contribution in [0.15, 0.2) is 18.3 Å². The number of hydrogen-bond donors (Lipinski definition) is 2. The van der Waals surface area contributed by atoms with Gasteiger partial charge in [0.05, 0.1) is 5.69 Å². The van der Waals surface area contributed by atoms with Crippen molar-refractivity contribution in [3.8, 4) is 0 Å². The van der Waals surface area contributed by atoms with Crippen molar-refractivity contribution in [3.63, 3.8) is 0 Å². The summed E-state index contributed by atoms with van der Waals surface area (Å²) >= 11 is 5.61. The molecule has 4 nitrogen and oxygen atoms in total. The summed E-state index contributed by atoms with van der Waals surface area (Å²) in [5.74, 6) is -1.12. The van der Waals surface area contributed by atoms with Crippen LogP contribution in [0.1, 0.15) is 11.7 Å². The van der Waals surface area contributed by atoms with Crippen LogP contribution in [0.2, 0.25) is 5.02 Å². The van der Waals surface area contributed by atoms with Gasteiger partial charge >= 0.3 is 5.97 Å². The summed E-state index contributed by atoms with van der Waals surface area (Å²) in [5.41, 5.74) is 5.55. The summed E-state index contributed by atoms with van der Waals surface area (Å²) in [7, 11) is 0. The van der Waals surface area contributed by atoms with Crippen molar-refractivity contribution in [2.24, 2.45) is 5.73 Å². The fraction of sp³-hybridized carbons (Fsp3) is 0.143. The molecule has 0 amide bonds. The van der Waals surface area contributed by atoms with Crippen molar-refractivity contribution in [3.05, 3.63) is 29.0 Å². The predicted molar refractivity (Wildman–Crippen MR) is 43.8 cm³/mol. The Morgan fingerprint density at radius 2 is 2.42 bits per heavy atom. The zero-order chi connectivity index (χ0) is 9.14. The minimum Gasteiger partial charge on any atom is -0.480 e. The number of carboxylic acid groups (broad SMARTS) is 1. The van der Waals surface area contributed by atoms with Crippen molar-refractivity contribution in [1.82, 2.24) is 4.98 Å². The number of carbonyl (C=O) groups is 1. The fourth-order valence-electron chi connectivity index (χ4n) is 0.718. The van der Waals surface area contributed by atoms with Gasteiger partial charge in [0.1, 0.15) is 6.04 Å². The summed E-state index contributed by atoms with van der Waals surface area (Å²) in [6.07, 6.45) is 1.42. The number of hydrogen-bond acceptors (Lipinski definition) is 3. The molecule has 1 aromatic heterocycles. The first-order valence-corrected chi connectivity index (χ1v) is 3.59. The molecular weight excluding hydrogens is 180 g/mol. The van der Waals surface area contributed by atoms with E-state index in [1.807, 2.05) is 0 Å². The normalized spacial score (nSPS) is 12.5. The highest BCUT2D eigenvalue weighted by Crippen LogP contribution is 2.12. The number of aromatic nitrogens is 1. The Morgan fingerprint density at radius 1 is 1.75 bits per heavy atom. The second-order valence-corrected chi connectivity index (χ2v) is 2.65. The summed E-state index contributed by atoms with van der Waals surface area (Å²) in [5, 5.41) is 8.95. The van der Waals surface area contributed by atoms with Crippen LogP contribution in [0.5, 0.6) is 0 Å². The zero-order valence-electron chi connectivity index (χ0n) is 6.07. The highest BCUT2D eigenvalue weighted by atomic mass is 35.5. The summed E-state index contributed by atoms with van der Waals surface area (Å²) in [4.78, 5) is 14.2. The van der Waals surface area contributed by atoms with Crippen LogP contribution < -0.4 is 5.73 Å². The molecule has 0 aliphatic heterocycles. The van der Waals surface area contributed by atoms with Gasteiger partial charge in [0.15, 0.2) is 0 Å². The van der Waals surface area contributed by atoms with Crippen LogP contribution in [-0.2, 0) is 4.79 Å². The third kappa shape index (κ3) is 1.93. The van der Waals surface area contributed by atoms with Crippen molar-refractivity contribution in [1.29, 1.82) is 0 Å². The molecular formula is C7H7ClN2O2. The first kappa shape index (κ1) is 8.96. The van der Waals surface area contributed by atoms with Crippen LogP contribution >= 0.6 is 11.6 Å². The van der Waals surface area contributed by atoms with E-state index in [2.05, 4.69) is 4.98 Å². The first-order valence-electron chi connectivity index (χ1n) is 3.21. The lowest BCUT2D eigenvalue weighted by molar-refractivity contribution is -0.138. The fourth-order valence-corrected chi connectivity index (χ4v) is 0.886. The molecule has 64 valence electrons. The highest BCUT2D eigenvalue weighted by molar-refractivity contribution is 6.30. The number of aliphatic carboxylic acids is 1. The van der Waals surface area contributed by atoms with Gasteiger partial charge in [-0.05, 0) is 12.1 Å². The highest BCUT2D eigenvalue weighted by Gasteiger charge is 2.15. The molecule has 0 aliphatic rings. The second kappa shape index (κ2) is 3.51. The molecule has 1 rings (SSSR count). The number of nitrogens with zero attached hydrogens (tertiary/aromatic N) is 1. The van der Waals surface area contributed by atoms with Gasteiger partial charge in [-0.3, -0.25) is 9.78 Å². The van der Waals surface area contributed by atoms with Crippen LogP contribution in [0.4, 0.5) is 0 Å². The summed E-state index contributed by atoms with van der Waals surface area (Å²) in [6.45, 7) is 0. The molecule has 3 N–H and O–H groups in total. The molecule has 0 bridgehead atoms. The Balaban J connectivity index is 2.95. The van der Waals surface area contributed by atoms with E-state index in [4.69, 9.17) is 22.4 Å². The largest absolute Gasteiger partial charge is 0.480 e. The van der Waals surface area contributed by atoms with Gasteiger partial charge in [0.25, 0.3) is 0 Å². The molecule has 0 fully saturated rings. The first-order chi connectivity index (χ1) is 5.61. The lowest BCUT2D eigenvalue weighted by atomic mass is 10.2. The Hall–Kier alpha value is -1.13. The number of pyridine rings is 1. The van der Waals surface area contributed by atoms with E-state index in [-0.39, 0.29) is 5.69 Å². The summed E-state index contributed by atoms with van der Waals surface area (Å²) < 4.78 is 0. The Kier molecular flexibility index (Phi) is 2.62. The average molecular weight is 187 g/mol. The minimum absolute atomic E-state index is 0.259. The van der Waals surface area contributed by atoms with Gasteiger partial charge < -0.3 is 10.8 Å². The molecule has 0 aromatic carbocycles. The molecule has 1 heterocycles. The molecule has 0 unspecified atom stereocenters. The molecule has 0 saturated carbocycles. The van der Waals surface area contributed by atoms with Gasteiger partial charge in [0.2, 0.25) is 0 Å². The van der Waals surface area contributed by atoms with Crippen LogP contribution in [0.3, 0.4) is 0 Å². The standard InChI is InChI=1S/C7H7ClN2O2/c8-4-1-2-10-5(3-4)6(9)7(11)12/h1-3,6H,9H2,(H,11,12)/t6-/m0/s1. The Morgan fingerprint density at radius 3 is 2.92 bits per heavy atom. The third-order valence-corrected chi connectivity index (χ3v) is 1.56. The van der Waals surface area contributed by atoms with E-state index < -0.39 is 12.0 Å². The van der Waals surface area contributed by atoms with Crippen LogP contribution in [0.25, 0.3) is 0 Å². The summed E-state index contributed by atoms with van der Waals surface area (Å²) in [6, 6.07) is 1.88. The quantitative estimate of drug-likeness (QED) is 0.717.